The van der Waals surface area contributed by atoms with E-state index in [1.54, 1.807) is 25.4 Å². The van der Waals surface area contributed by atoms with E-state index in [0.717, 1.165) is 49.1 Å². The van der Waals surface area contributed by atoms with Gasteiger partial charge in [-0.25, -0.2) is 4.98 Å². The number of hydrogen-bond acceptors (Lipinski definition) is 6. The number of carbonyl (C=O) groups is 1. The number of H-pyrrole nitrogens is 1. The first-order valence-corrected chi connectivity index (χ1v) is 10.7. The fourth-order valence-electron chi connectivity index (χ4n) is 3.87. The zero-order valence-electron chi connectivity index (χ0n) is 17.4. The van der Waals surface area contributed by atoms with Crippen molar-refractivity contribution in [3.63, 3.8) is 0 Å². The molecule has 0 aliphatic rings. The van der Waals surface area contributed by atoms with E-state index >= 15 is 0 Å². The molecule has 0 fully saturated rings. The second-order valence-corrected chi connectivity index (χ2v) is 8.39. The molecular formula is C25H18N4O2S. The number of rotatable bonds is 5. The largest absolute Gasteiger partial charge is 0.497 e. The van der Waals surface area contributed by atoms with E-state index in [2.05, 4.69) is 28.3 Å². The predicted molar refractivity (Wildman–Crippen MR) is 128 cm³/mol. The van der Waals surface area contributed by atoms with E-state index in [0.29, 0.717) is 22.6 Å². The topological polar surface area (TPSA) is 90.8 Å². The van der Waals surface area contributed by atoms with Crippen molar-refractivity contribution in [1.82, 2.24) is 9.97 Å². The molecule has 7 heteroatoms. The number of hydrogen-bond donors (Lipinski definition) is 2. The minimum atomic E-state index is 0.455. The summed E-state index contributed by atoms with van der Waals surface area (Å²) in [5.74, 6) is 0.669. The maximum atomic E-state index is 11.6. The fourth-order valence-corrected chi connectivity index (χ4v) is 4.92. The van der Waals surface area contributed by atoms with Gasteiger partial charge in [-0.05, 0) is 55.0 Å². The van der Waals surface area contributed by atoms with Gasteiger partial charge in [0.25, 0.3) is 0 Å². The molecule has 0 unspecified atom stereocenters. The normalized spacial score (nSPS) is 10.9. The van der Waals surface area contributed by atoms with E-state index in [-0.39, 0.29) is 0 Å². The van der Waals surface area contributed by atoms with E-state index in [1.165, 1.54) is 11.3 Å². The van der Waals surface area contributed by atoms with Crippen molar-refractivity contribution in [2.75, 3.05) is 12.4 Å². The molecule has 0 bridgehead atoms. The van der Waals surface area contributed by atoms with Gasteiger partial charge in [0.1, 0.15) is 16.6 Å². The number of ether oxygens (including phenoxy) is 1. The summed E-state index contributed by atoms with van der Waals surface area (Å²) in [6.45, 7) is 2.05. The first kappa shape index (κ1) is 19.8. The molecule has 0 saturated heterocycles. The smallest absolute Gasteiger partial charge is 0.150 e. The third-order valence-corrected chi connectivity index (χ3v) is 6.68. The second kappa shape index (κ2) is 7.84. The lowest BCUT2D eigenvalue weighted by Crippen LogP contribution is -1.97. The number of nitrogens with one attached hydrogen (secondary N) is 2. The molecule has 0 aliphatic carbocycles. The van der Waals surface area contributed by atoms with Gasteiger partial charge in [-0.3, -0.25) is 4.79 Å². The molecule has 2 N–H and O–H groups in total. The number of nitriles is 1. The SMILES string of the molecule is COc1ccc(C=O)c(-c2cc3c(Nc4ccc5[nH]ccc5c4C)c(C#N)cnc3s2)c1. The molecule has 5 aromatic rings. The molecular weight excluding hydrogens is 420 g/mol. The molecule has 0 radical (unpaired) electrons. The summed E-state index contributed by atoms with van der Waals surface area (Å²) in [5.41, 5.74) is 5.57. The van der Waals surface area contributed by atoms with Crippen LogP contribution >= 0.6 is 11.3 Å². The Balaban J connectivity index is 1.68. The van der Waals surface area contributed by atoms with Gasteiger partial charge in [-0.15, -0.1) is 11.3 Å². The lowest BCUT2D eigenvalue weighted by molar-refractivity contribution is 0.112. The van der Waals surface area contributed by atoms with Gasteiger partial charge >= 0.3 is 0 Å². The Kier molecular flexibility index (Phi) is 4.85. The van der Waals surface area contributed by atoms with Crippen molar-refractivity contribution in [1.29, 1.82) is 5.26 Å². The molecule has 0 saturated carbocycles. The molecule has 32 heavy (non-hydrogen) atoms. The van der Waals surface area contributed by atoms with Crippen molar-refractivity contribution >= 4 is 50.1 Å². The van der Waals surface area contributed by atoms with Gasteiger partial charge in [0, 0.05) is 50.4 Å². The van der Waals surface area contributed by atoms with Crippen LogP contribution < -0.4 is 10.1 Å². The van der Waals surface area contributed by atoms with Crippen molar-refractivity contribution < 1.29 is 9.53 Å². The number of aldehydes is 1. The van der Waals surface area contributed by atoms with Crippen LogP contribution in [0.2, 0.25) is 0 Å². The van der Waals surface area contributed by atoms with Crippen LogP contribution in [-0.2, 0) is 0 Å². The van der Waals surface area contributed by atoms with Gasteiger partial charge in [0.15, 0.2) is 6.29 Å². The van der Waals surface area contributed by atoms with Gasteiger partial charge in [0.2, 0.25) is 0 Å². The van der Waals surface area contributed by atoms with Crippen molar-refractivity contribution in [3.8, 4) is 22.3 Å². The Morgan fingerprint density at radius 1 is 1.19 bits per heavy atom. The average Bonchev–Trinajstić information content (AvgIpc) is 3.48. The zero-order valence-corrected chi connectivity index (χ0v) is 18.2. The van der Waals surface area contributed by atoms with Gasteiger partial charge in [-0.2, -0.15) is 5.26 Å². The number of methoxy groups -OCH3 is 1. The summed E-state index contributed by atoms with van der Waals surface area (Å²) in [4.78, 5) is 21.0. The second-order valence-electron chi connectivity index (χ2n) is 7.36. The van der Waals surface area contributed by atoms with Crippen LogP contribution in [0, 0.1) is 18.3 Å². The van der Waals surface area contributed by atoms with E-state index < -0.39 is 0 Å². The minimum Gasteiger partial charge on any atom is -0.497 e. The number of aromatic amines is 1. The molecule has 6 nitrogen and oxygen atoms in total. The van der Waals surface area contributed by atoms with Crippen molar-refractivity contribution in [3.05, 3.63) is 71.5 Å². The monoisotopic (exact) mass is 438 g/mol. The molecule has 2 aromatic carbocycles. The fraction of sp³-hybridized carbons (Fsp3) is 0.0800. The summed E-state index contributed by atoms with van der Waals surface area (Å²) >= 11 is 1.47. The Bertz CT molecular complexity index is 1540. The van der Waals surface area contributed by atoms with Gasteiger partial charge in [-0.1, -0.05) is 0 Å². The highest BCUT2D eigenvalue weighted by molar-refractivity contribution is 7.22. The van der Waals surface area contributed by atoms with Crippen LogP contribution in [0.15, 0.2) is 54.9 Å². The number of fused-ring (bicyclic) bond motifs is 2. The lowest BCUT2D eigenvalue weighted by atomic mass is 10.1. The summed E-state index contributed by atoms with van der Waals surface area (Å²) < 4.78 is 5.35. The quantitative estimate of drug-likeness (QED) is 0.319. The van der Waals surface area contributed by atoms with Crippen LogP contribution in [0.1, 0.15) is 21.5 Å². The zero-order chi connectivity index (χ0) is 22.2. The van der Waals surface area contributed by atoms with Crippen LogP contribution in [0.4, 0.5) is 11.4 Å². The van der Waals surface area contributed by atoms with Crippen LogP contribution in [0.25, 0.3) is 31.6 Å². The molecule has 3 aromatic heterocycles. The molecule has 156 valence electrons. The highest BCUT2D eigenvalue weighted by Gasteiger charge is 2.17. The number of aromatic nitrogens is 2. The number of aryl methyl sites for hydroxylation is 1. The predicted octanol–water partition coefficient (Wildman–Crippen LogP) is 6.19. The highest BCUT2D eigenvalue weighted by Crippen LogP contribution is 2.40. The lowest BCUT2D eigenvalue weighted by Gasteiger charge is -2.12. The third kappa shape index (κ3) is 3.18. The first-order chi connectivity index (χ1) is 15.6. The van der Waals surface area contributed by atoms with Gasteiger partial charge in [0.05, 0.1) is 18.4 Å². The summed E-state index contributed by atoms with van der Waals surface area (Å²) in [6, 6.07) is 15.6. The third-order valence-electron chi connectivity index (χ3n) is 5.60. The number of thiophene rings is 1. The maximum absolute atomic E-state index is 11.6. The molecule has 0 aliphatic heterocycles. The van der Waals surface area contributed by atoms with E-state index in [4.69, 9.17) is 4.74 Å². The first-order valence-electron chi connectivity index (χ1n) is 9.93. The minimum absolute atomic E-state index is 0.455. The maximum Gasteiger partial charge on any atom is 0.150 e. The molecule has 5 rings (SSSR count). The van der Waals surface area contributed by atoms with Crippen LogP contribution in [0.3, 0.4) is 0 Å². The van der Waals surface area contributed by atoms with E-state index in [9.17, 15) is 10.1 Å². The van der Waals surface area contributed by atoms with Crippen molar-refractivity contribution in [2.24, 2.45) is 0 Å². The van der Waals surface area contributed by atoms with Crippen molar-refractivity contribution in [2.45, 2.75) is 6.92 Å². The standard InChI is InChI=1S/C25H18N4O2S/c1-14-18-7-8-27-22(18)6-5-21(14)29-24-16(11-26)12-28-25-20(24)10-23(32-25)19-9-17(31-2)4-3-15(19)13-30/h3-10,12-13,27H,1-2H3,(H,28,29). The summed E-state index contributed by atoms with van der Waals surface area (Å²) in [7, 11) is 1.59. The van der Waals surface area contributed by atoms with Crippen LogP contribution in [-0.4, -0.2) is 23.4 Å². The molecule has 0 amide bonds. The Morgan fingerprint density at radius 2 is 2.06 bits per heavy atom. The van der Waals surface area contributed by atoms with E-state index in [1.807, 2.05) is 36.5 Å². The summed E-state index contributed by atoms with van der Waals surface area (Å²) in [6.07, 6.45) is 4.33. The van der Waals surface area contributed by atoms with Gasteiger partial charge < -0.3 is 15.0 Å². The Labute approximate surface area is 188 Å². The van der Waals surface area contributed by atoms with Crippen LogP contribution in [0.5, 0.6) is 5.75 Å². The Morgan fingerprint density at radius 3 is 2.84 bits per heavy atom. The molecule has 3 heterocycles. The number of nitrogens with zero attached hydrogens (tertiary/aromatic N) is 2. The molecule has 0 spiro atoms. The number of carbonyl (C=O) groups excluding carboxylic acids is 1. The number of pyridine rings is 1. The number of anilines is 2. The summed E-state index contributed by atoms with van der Waals surface area (Å²) in [5, 5.41) is 15.2. The highest BCUT2D eigenvalue weighted by atomic mass is 32.1. The average molecular weight is 439 g/mol. The Hall–Kier alpha value is -4.15. The number of benzene rings is 2. The molecule has 0 atom stereocenters.